The van der Waals surface area contributed by atoms with E-state index in [0.717, 1.165) is 10.9 Å². The van der Waals surface area contributed by atoms with E-state index in [1.807, 2.05) is 12.1 Å². The van der Waals surface area contributed by atoms with Gasteiger partial charge in [-0.3, -0.25) is 9.59 Å². The lowest BCUT2D eigenvalue weighted by Gasteiger charge is -2.26. The number of likely N-dealkylation sites (tertiary alicyclic amines) is 1. The zero-order valence-corrected chi connectivity index (χ0v) is 21.7. The zero-order chi connectivity index (χ0) is 26.7. The van der Waals surface area contributed by atoms with Gasteiger partial charge in [-0.25, -0.2) is 8.42 Å². The Hall–Kier alpha value is -3.94. The number of ether oxygens (including phenoxy) is 1. The number of nitrogens with zero attached hydrogens (tertiary/aromatic N) is 3. The van der Waals surface area contributed by atoms with Crippen molar-refractivity contribution in [3.63, 3.8) is 0 Å². The molecule has 192 valence electrons. The van der Waals surface area contributed by atoms with Gasteiger partial charge in [0.2, 0.25) is 21.8 Å². The van der Waals surface area contributed by atoms with E-state index >= 15 is 0 Å². The molecular weight excluding hydrogens is 492 g/mol. The number of sulfonamides is 1. The molecule has 0 aliphatic carbocycles. The maximum absolute atomic E-state index is 13.4. The van der Waals surface area contributed by atoms with Gasteiger partial charge in [0.1, 0.15) is 11.8 Å². The first-order valence-electron chi connectivity index (χ1n) is 11.7. The second kappa shape index (κ2) is 10.6. The third-order valence-corrected chi connectivity index (χ3v) is 7.93. The first kappa shape index (κ1) is 26.1. The summed E-state index contributed by atoms with van der Waals surface area (Å²) in [5.41, 5.74) is 1.28. The molecule has 1 N–H and O–H groups in total. The highest BCUT2D eigenvalue weighted by molar-refractivity contribution is 7.89. The number of rotatable bonds is 8. The summed E-state index contributed by atoms with van der Waals surface area (Å²) in [6, 6.07) is 17.8. The number of nitrogens with one attached hydrogen (secondary N) is 1. The van der Waals surface area contributed by atoms with Gasteiger partial charge in [0.15, 0.2) is 0 Å². The van der Waals surface area contributed by atoms with E-state index in [9.17, 15) is 18.0 Å². The average Bonchev–Trinajstić information content (AvgIpc) is 3.25. The van der Waals surface area contributed by atoms with Crippen LogP contribution in [0.25, 0.3) is 10.8 Å². The monoisotopic (exact) mass is 520 g/mol. The van der Waals surface area contributed by atoms with Gasteiger partial charge in [-0.15, -0.1) is 0 Å². The normalized spacial score (nSPS) is 16.4. The van der Waals surface area contributed by atoms with Crippen molar-refractivity contribution < 1.29 is 22.7 Å². The second-order valence-corrected chi connectivity index (χ2v) is 10.9. The SMILES string of the molecule is COc1ccc2ccc(S(=O)(=O)NC(C(=O)N(C)C)[C@@H]3CCN(Cc4cccc(C#N)c4)C3=O)cc2c1. The quantitative estimate of drug-likeness (QED) is 0.487. The van der Waals surface area contributed by atoms with Gasteiger partial charge in [-0.1, -0.05) is 24.3 Å². The van der Waals surface area contributed by atoms with Crippen LogP contribution in [-0.4, -0.2) is 63.8 Å². The Morgan fingerprint density at radius 1 is 1.16 bits per heavy atom. The van der Waals surface area contributed by atoms with Crippen LogP contribution < -0.4 is 9.46 Å². The summed E-state index contributed by atoms with van der Waals surface area (Å²) in [5.74, 6) is -1.08. The molecule has 1 heterocycles. The molecule has 2 amide bonds. The highest BCUT2D eigenvalue weighted by atomic mass is 32.2. The Balaban J connectivity index is 1.60. The van der Waals surface area contributed by atoms with Gasteiger partial charge < -0.3 is 14.5 Å². The van der Waals surface area contributed by atoms with Crippen molar-refractivity contribution in [3.8, 4) is 11.8 Å². The van der Waals surface area contributed by atoms with E-state index < -0.39 is 27.9 Å². The molecule has 0 saturated carbocycles. The Bertz CT molecular complexity index is 1500. The second-order valence-electron chi connectivity index (χ2n) is 9.17. The summed E-state index contributed by atoms with van der Waals surface area (Å²) in [4.78, 5) is 29.3. The molecule has 9 nitrogen and oxygen atoms in total. The molecule has 4 rings (SSSR count). The third kappa shape index (κ3) is 5.58. The standard InChI is InChI=1S/C27H28N4O5S/c1-30(2)27(33)25(24-11-12-31(26(24)32)17-19-6-4-5-18(13-19)16-28)29-37(34,35)23-10-8-20-7-9-22(36-3)14-21(20)15-23/h4-10,13-15,24-25,29H,11-12,17H2,1-3H3/t24-,25?/m0/s1. The van der Waals surface area contributed by atoms with Crippen LogP contribution in [-0.2, 0) is 26.2 Å². The smallest absolute Gasteiger partial charge is 0.241 e. The lowest BCUT2D eigenvalue weighted by Crippen LogP contribution is -2.52. The minimum Gasteiger partial charge on any atom is -0.497 e. The predicted molar refractivity (Wildman–Crippen MR) is 138 cm³/mol. The number of carbonyl (C=O) groups is 2. The fourth-order valence-corrected chi connectivity index (χ4v) is 5.77. The number of nitriles is 1. The van der Waals surface area contributed by atoms with Gasteiger partial charge >= 0.3 is 0 Å². The molecule has 0 radical (unpaired) electrons. The Morgan fingerprint density at radius 2 is 1.92 bits per heavy atom. The van der Waals surface area contributed by atoms with Crippen molar-refractivity contribution >= 4 is 32.6 Å². The Kier molecular flexibility index (Phi) is 7.47. The van der Waals surface area contributed by atoms with Crippen molar-refractivity contribution in [1.82, 2.24) is 14.5 Å². The summed E-state index contributed by atoms with van der Waals surface area (Å²) < 4.78 is 34.6. The van der Waals surface area contributed by atoms with Crippen molar-refractivity contribution in [1.29, 1.82) is 5.26 Å². The first-order valence-corrected chi connectivity index (χ1v) is 13.2. The maximum Gasteiger partial charge on any atom is 0.241 e. The first-order chi connectivity index (χ1) is 17.6. The minimum atomic E-state index is -4.14. The van der Waals surface area contributed by atoms with Crippen molar-refractivity contribution in [2.75, 3.05) is 27.7 Å². The number of carbonyl (C=O) groups excluding carboxylic acids is 2. The Labute approximate surface area is 216 Å². The lowest BCUT2D eigenvalue weighted by molar-refractivity contribution is -0.138. The van der Waals surface area contributed by atoms with E-state index in [1.165, 1.54) is 38.2 Å². The predicted octanol–water partition coefficient (Wildman–Crippen LogP) is 2.50. The summed E-state index contributed by atoms with van der Waals surface area (Å²) in [6.45, 7) is 0.641. The molecule has 1 unspecified atom stereocenters. The largest absolute Gasteiger partial charge is 0.497 e. The molecule has 37 heavy (non-hydrogen) atoms. The molecule has 1 saturated heterocycles. The molecule has 0 aromatic heterocycles. The minimum absolute atomic E-state index is 0.0135. The highest BCUT2D eigenvalue weighted by Gasteiger charge is 2.43. The van der Waals surface area contributed by atoms with Gasteiger partial charge in [0.25, 0.3) is 0 Å². The third-order valence-electron chi connectivity index (χ3n) is 6.49. The molecule has 3 aromatic carbocycles. The molecule has 1 aliphatic heterocycles. The van der Waals surface area contributed by atoms with Crippen LogP contribution in [0.15, 0.2) is 65.6 Å². The lowest BCUT2D eigenvalue weighted by atomic mass is 9.98. The molecule has 0 bridgehead atoms. The molecule has 1 aliphatic rings. The van der Waals surface area contributed by atoms with E-state index in [1.54, 1.807) is 41.3 Å². The van der Waals surface area contributed by atoms with Crippen LogP contribution in [0.1, 0.15) is 17.5 Å². The molecule has 0 spiro atoms. The topological polar surface area (TPSA) is 120 Å². The fraction of sp³-hybridized carbons (Fsp3) is 0.296. The molecule has 10 heteroatoms. The zero-order valence-electron chi connectivity index (χ0n) is 20.8. The summed E-state index contributed by atoms with van der Waals surface area (Å²) in [7, 11) is 0.439. The van der Waals surface area contributed by atoms with Crippen LogP contribution in [0.2, 0.25) is 0 Å². The van der Waals surface area contributed by atoms with Gasteiger partial charge in [-0.05, 0) is 59.2 Å². The molecule has 2 atom stereocenters. The van der Waals surface area contributed by atoms with E-state index in [0.29, 0.717) is 29.7 Å². The number of fused-ring (bicyclic) bond motifs is 1. The summed E-state index contributed by atoms with van der Waals surface area (Å²) in [5, 5.41) is 10.6. The van der Waals surface area contributed by atoms with Crippen molar-refractivity contribution in [2.45, 2.75) is 23.9 Å². The van der Waals surface area contributed by atoms with E-state index in [4.69, 9.17) is 10.00 Å². The van der Waals surface area contributed by atoms with Crippen molar-refractivity contribution in [2.24, 2.45) is 5.92 Å². The number of hydrogen-bond acceptors (Lipinski definition) is 6. The number of amides is 2. The van der Waals surface area contributed by atoms with Crippen LogP contribution >= 0.6 is 0 Å². The van der Waals surface area contributed by atoms with Gasteiger partial charge in [-0.2, -0.15) is 9.98 Å². The molecule has 3 aromatic rings. The van der Waals surface area contributed by atoms with Gasteiger partial charge in [0.05, 0.1) is 29.6 Å². The number of methoxy groups -OCH3 is 1. The number of likely N-dealkylation sites (N-methyl/N-ethyl adjacent to an activating group) is 1. The van der Waals surface area contributed by atoms with E-state index in [-0.39, 0.29) is 17.3 Å². The van der Waals surface area contributed by atoms with Gasteiger partial charge in [0, 0.05) is 27.2 Å². The van der Waals surface area contributed by atoms with Crippen LogP contribution in [0.5, 0.6) is 5.75 Å². The molecular formula is C27H28N4O5S. The summed E-state index contributed by atoms with van der Waals surface area (Å²) in [6.07, 6.45) is 0.318. The number of benzene rings is 3. The number of hydrogen-bond donors (Lipinski definition) is 1. The van der Waals surface area contributed by atoms with Crippen LogP contribution in [0, 0.1) is 17.2 Å². The highest BCUT2D eigenvalue weighted by Crippen LogP contribution is 2.27. The maximum atomic E-state index is 13.4. The Morgan fingerprint density at radius 3 is 2.62 bits per heavy atom. The van der Waals surface area contributed by atoms with Crippen LogP contribution in [0.3, 0.4) is 0 Å². The summed E-state index contributed by atoms with van der Waals surface area (Å²) >= 11 is 0. The van der Waals surface area contributed by atoms with Crippen molar-refractivity contribution in [3.05, 3.63) is 71.8 Å². The molecule has 1 fully saturated rings. The average molecular weight is 521 g/mol. The van der Waals surface area contributed by atoms with Crippen LogP contribution in [0.4, 0.5) is 0 Å². The fourth-order valence-electron chi connectivity index (χ4n) is 4.50. The van der Waals surface area contributed by atoms with E-state index in [2.05, 4.69) is 10.8 Å².